The molecule has 0 saturated heterocycles. The highest BCUT2D eigenvalue weighted by atomic mass is 16.5. The van der Waals surface area contributed by atoms with Gasteiger partial charge in [-0.1, -0.05) is 32.0 Å². The van der Waals surface area contributed by atoms with Crippen molar-refractivity contribution in [2.45, 2.75) is 53.1 Å². The number of H-pyrrole nitrogens is 1. The van der Waals surface area contributed by atoms with E-state index in [4.69, 9.17) is 14.2 Å². The van der Waals surface area contributed by atoms with E-state index in [2.05, 4.69) is 55.3 Å². The van der Waals surface area contributed by atoms with Gasteiger partial charge in [0, 0.05) is 55.4 Å². The number of hydrazone groups is 1. The van der Waals surface area contributed by atoms with Crippen LogP contribution in [0.15, 0.2) is 35.6 Å². The van der Waals surface area contributed by atoms with E-state index >= 15 is 0 Å². The Morgan fingerprint density at radius 2 is 1.86 bits per heavy atom. The quantitative estimate of drug-likeness (QED) is 0.205. The third-order valence-corrected chi connectivity index (χ3v) is 5.44. The number of ether oxygens (including phenoxy) is 3. The van der Waals surface area contributed by atoms with Crippen LogP contribution >= 0.6 is 0 Å². The predicted octanol–water partition coefficient (Wildman–Crippen LogP) is 4.64. The average molecular weight is 498 g/mol. The monoisotopic (exact) mass is 497 g/mol. The minimum absolute atomic E-state index is 0.0358. The van der Waals surface area contributed by atoms with Crippen molar-refractivity contribution >= 4 is 29.0 Å². The van der Waals surface area contributed by atoms with E-state index in [0.717, 1.165) is 42.4 Å². The Hall–Kier alpha value is -3.24. The number of hydrogen-bond donors (Lipinski definition) is 2. The topological polar surface area (TPSA) is 110 Å². The molecule has 3 rings (SSSR count). The maximum atomic E-state index is 5.94. The van der Waals surface area contributed by atoms with Crippen molar-refractivity contribution in [3.63, 3.8) is 0 Å². The second-order valence-corrected chi connectivity index (χ2v) is 8.26. The first kappa shape index (κ1) is 27.3. The molecule has 1 atom stereocenters. The van der Waals surface area contributed by atoms with Crippen LogP contribution < -0.4 is 15.1 Å². The largest absolute Gasteiger partial charge is 0.463 e. The van der Waals surface area contributed by atoms with E-state index < -0.39 is 0 Å². The van der Waals surface area contributed by atoms with Gasteiger partial charge in [0.1, 0.15) is 0 Å². The van der Waals surface area contributed by atoms with Crippen LogP contribution in [0.5, 0.6) is 6.01 Å². The van der Waals surface area contributed by atoms with Gasteiger partial charge in [0.05, 0.1) is 25.5 Å². The summed E-state index contributed by atoms with van der Waals surface area (Å²) in [7, 11) is 0. The van der Waals surface area contributed by atoms with E-state index in [1.807, 2.05) is 38.2 Å². The number of hydrogen-bond acceptors (Lipinski definition) is 9. The molecule has 0 aliphatic rings. The highest BCUT2D eigenvalue weighted by molar-refractivity contribution is 5.99. The lowest BCUT2D eigenvalue weighted by Crippen LogP contribution is -2.28. The molecule has 3 aromatic rings. The molecular formula is C26H39N7O3. The van der Waals surface area contributed by atoms with Gasteiger partial charge < -0.3 is 24.1 Å². The molecule has 2 aromatic heterocycles. The van der Waals surface area contributed by atoms with Crippen LogP contribution in [0.25, 0.3) is 10.9 Å². The van der Waals surface area contributed by atoms with Gasteiger partial charge in [0.15, 0.2) is 0 Å². The molecule has 196 valence electrons. The highest BCUT2D eigenvalue weighted by Gasteiger charge is 2.15. The molecule has 0 spiro atoms. The molecule has 10 heteroatoms. The minimum Gasteiger partial charge on any atom is -0.463 e. The van der Waals surface area contributed by atoms with Gasteiger partial charge in [-0.05, 0) is 32.8 Å². The first-order valence-corrected chi connectivity index (χ1v) is 12.9. The molecule has 2 N–H and O–H groups in total. The van der Waals surface area contributed by atoms with Gasteiger partial charge >= 0.3 is 6.01 Å². The first-order valence-electron chi connectivity index (χ1n) is 12.9. The van der Waals surface area contributed by atoms with E-state index in [1.54, 1.807) is 6.21 Å². The van der Waals surface area contributed by atoms with Crippen LogP contribution in [0.3, 0.4) is 0 Å². The first-order chi connectivity index (χ1) is 17.7. The van der Waals surface area contributed by atoms with Gasteiger partial charge in [0.2, 0.25) is 5.95 Å². The van der Waals surface area contributed by atoms with Crippen LogP contribution in [-0.2, 0) is 9.47 Å². The highest BCUT2D eigenvalue weighted by Crippen LogP contribution is 2.18. The molecule has 36 heavy (non-hydrogen) atoms. The molecule has 0 aliphatic carbocycles. The van der Waals surface area contributed by atoms with Crippen molar-refractivity contribution in [3.8, 4) is 6.01 Å². The summed E-state index contributed by atoms with van der Waals surface area (Å²) < 4.78 is 17.2. The van der Waals surface area contributed by atoms with Gasteiger partial charge in [0.25, 0.3) is 5.95 Å². The zero-order chi connectivity index (χ0) is 25.6. The summed E-state index contributed by atoms with van der Waals surface area (Å²) in [5, 5.41) is 5.47. The smallest absolute Gasteiger partial charge is 0.323 e. The lowest BCUT2D eigenvalue weighted by Gasteiger charge is -2.22. The third kappa shape index (κ3) is 8.17. The number of para-hydroxylation sites is 1. The molecule has 0 aliphatic heterocycles. The fourth-order valence-electron chi connectivity index (χ4n) is 3.80. The Morgan fingerprint density at radius 3 is 2.61 bits per heavy atom. The second-order valence-electron chi connectivity index (χ2n) is 8.26. The van der Waals surface area contributed by atoms with Crippen molar-refractivity contribution in [3.05, 3.63) is 36.0 Å². The predicted molar refractivity (Wildman–Crippen MR) is 144 cm³/mol. The number of aromatic amines is 1. The summed E-state index contributed by atoms with van der Waals surface area (Å²) in [6, 6.07) is 8.34. The number of fused-ring (bicyclic) bond motifs is 1. The zero-order valence-corrected chi connectivity index (χ0v) is 21.9. The van der Waals surface area contributed by atoms with Gasteiger partial charge in [-0.2, -0.15) is 20.1 Å². The molecule has 1 unspecified atom stereocenters. The molecule has 10 nitrogen and oxygen atoms in total. The molecule has 2 heterocycles. The molecule has 0 amide bonds. The van der Waals surface area contributed by atoms with Crippen molar-refractivity contribution in [2.24, 2.45) is 5.10 Å². The number of benzene rings is 1. The van der Waals surface area contributed by atoms with E-state index in [9.17, 15) is 0 Å². The fourth-order valence-corrected chi connectivity index (χ4v) is 3.80. The van der Waals surface area contributed by atoms with E-state index in [-0.39, 0.29) is 12.1 Å². The molecule has 0 bridgehead atoms. The third-order valence-electron chi connectivity index (χ3n) is 5.44. The number of nitrogens with zero attached hydrogens (tertiary/aromatic N) is 5. The number of anilines is 2. The van der Waals surface area contributed by atoms with Crippen LogP contribution in [0.4, 0.5) is 11.9 Å². The van der Waals surface area contributed by atoms with Gasteiger partial charge in [-0.25, -0.2) is 5.43 Å². The van der Waals surface area contributed by atoms with Crippen LogP contribution in [-0.4, -0.2) is 71.8 Å². The lowest BCUT2D eigenvalue weighted by molar-refractivity contribution is -0.0183. The van der Waals surface area contributed by atoms with Crippen molar-refractivity contribution in [1.82, 2.24) is 19.9 Å². The van der Waals surface area contributed by atoms with E-state index in [1.165, 1.54) is 0 Å². The summed E-state index contributed by atoms with van der Waals surface area (Å²) in [6.07, 6.45) is 6.27. The normalized spacial score (nSPS) is 12.3. The van der Waals surface area contributed by atoms with Crippen molar-refractivity contribution in [1.29, 1.82) is 0 Å². The SMILES string of the molecule is CCCN(CCC)c1nc(N/N=C/c2c[nH]c3ccccc23)nc(OCCC(COCC)OCC)n1. The molecule has 1 aromatic carbocycles. The number of aromatic nitrogens is 4. The summed E-state index contributed by atoms with van der Waals surface area (Å²) in [5.74, 6) is 0.906. The Bertz CT molecular complexity index is 1070. The Kier molecular flexibility index (Phi) is 11.4. The van der Waals surface area contributed by atoms with Gasteiger partial charge in [-0.15, -0.1) is 0 Å². The summed E-state index contributed by atoms with van der Waals surface area (Å²) in [4.78, 5) is 19.0. The maximum absolute atomic E-state index is 5.94. The Labute approximate surface area is 213 Å². The maximum Gasteiger partial charge on any atom is 0.323 e. The second kappa shape index (κ2) is 15.0. The number of rotatable bonds is 17. The van der Waals surface area contributed by atoms with Crippen molar-refractivity contribution < 1.29 is 14.2 Å². The van der Waals surface area contributed by atoms with E-state index in [0.29, 0.717) is 44.7 Å². The Morgan fingerprint density at radius 1 is 1.06 bits per heavy atom. The summed E-state index contributed by atoms with van der Waals surface area (Å²) in [5.41, 5.74) is 4.98. The summed E-state index contributed by atoms with van der Waals surface area (Å²) >= 11 is 0. The molecule has 0 fully saturated rings. The molecule has 0 radical (unpaired) electrons. The van der Waals surface area contributed by atoms with Crippen LogP contribution in [0.2, 0.25) is 0 Å². The standard InChI is InChI=1S/C26H39N7O3/c1-5-14-33(15-6-2)25-29-24(32-28-18-20-17-27-23-12-10-9-11-22(20)23)30-26(31-25)36-16-13-21(35-8-4)19-34-7-3/h9-12,17-18,21,27H,5-8,13-16,19H2,1-4H3,(H,29,30,31,32)/b28-18+. The fraction of sp³-hybridized carbons (Fsp3) is 0.538. The van der Waals surface area contributed by atoms with Crippen LogP contribution in [0, 0.1) is 0 Å². The lowest BCUT2D eigenvalue weighted by atomic mass is 10.2. The minimum atomic E-state index is -0.0358. The average Bonchev–Trinajstić information content (AvgIpc) is 3.30. The molecule has 0 saturated carbocycles. The molecular weight excluding hydrogens is 458 g/mol. The Balaban J connectivity index is 1.74. The summed E-state index contributed by atoms with van der Waals surface area (Å²) in [6.45, 7) is 12.1. The van der Waals surface area contributed by atoms with Crippen LogP contribution in [0.1, 0.15) is 52.5 Å². The van der Waals surface area contributed by atoms with Gasteiger partial charge in [-0.3, -0.25) is 0 Å². The zero-order valence-electron chi connectivity index (χ0n) is 21.9. The van der Waals surface area contributed by atoms with Crippen molar-refractivity contribution in [2.75, 3.05) is 49.8 Å². The number of nitrogens with one attached hydrogen (secondary N) is 2.